The Hall–Kier alpha value is -1.32. The molecule has 1 aliphatic carbocycles. The van der Waals surface area contributed by atoms with E-state index in [1.807, 2.05) is 0 Å². The number of nitrogen functional groups attached to an aromatic ring is 1. The van der Waals surface area contributed by atoms with E-state index in [1.54, 1.807) is 0 Å². The minimum absolute atomic E-state index is 0.00462. The summed E-state index contributed by atoms with van der Waals surface area (Å²) in [7, 11) is 0. The third-order valence-corrected chi connectivity index (χ3v) is 3.19. The third-order valence-electron chi connectivity index (χ3n) is 3.19. The maximum absolute atomic E-state index is 13.1. The van der Waals surface area contributed by atoms with Gasteiger partial charge in [0.2, 0.25) is 0 Å². The van der Waals surface area contributed by atoms with Gasteiger partial charge in [-0.15, -0.1) is 0 Å². The van der Waals surface area contributed by atoms with Crippen LogP contribution in [0.2, 0.25) is 0 Å². The fraction of sp³-hybridized carbons (Fsp3) is 0.500. The number of halogens is 2. The first-order chi connectivity index (χ1) is 7.66. The Bertz CT molecular complexity index is 376. The van der Waals surface area contributed by atoms with Gasteiger partial charge in [0, 0.05) is 12.6 Å². The van der Waals surface area contributed by atoms with Crippen LogP contribution in [0.3, 0.4) is 0 Å². The van der Waals surface area contributed by atoms with Crippen molar-refractivity contribution in [2.75, 3.05) is 17.6 Å². The Morgan fingerprint density at radius 1 is 1.31 bits per heavy atom. The Labute approximate surface area is 93.8 Å². The molecule has 0 bridgehead atoms. The van der Waals surface area contributed by atoms with Crippen LogP contribution < -0.4 is 11.1 Å². The molecule has 0 atom stereocenters. The van der Waals surface area contributed by atoms with Gasteiger partial charge in [0.25, 0.3) is 0 Å². The third kappa shape index (κ3) is 2.43. The maximum Gasteiger partial charge on any atom is 0.151 e. The number of nitrogens with two attached hydrogens (primary N) is 1. The molecule has 4 heteroatoms. The summed E-state index contributed by atoms with van der Waals surface area (Å²) in [5.41, 5.74) is 5.86. The summed E-state index contributed by atoms with van der Waals surface area (Å²) in [4.78, 5) is 0. The quantitative estimate of drug-likeness (QED) is 0.774. The fourth-order valence-corrected chi connectivity index (χ4v) is 1.92. The van der Waals surface area contributed by atoms with Gasteiger partial charge < -0.3 is 11.1 Å². The van der Waals surface area contributed by atoms with Crippen molar-refractivity contribution in [1.29, 1.82) is 0 Å². The summed E-state index contributed by atoms with van der Waals surface area (Å²) in [6.45, 7) is 0.720. The van der Waals surface area contributed by atoms with Crippen LogP contribution in [0.15, 0.2) is 12.1 Å². The maximum atomic E-state index is 13.1. The van der Waals surface area contributed by atoms with Crippen molar-refractivity contribution in [2.24, 2.45) is 5.92 Å². The fourth-order valence-electron chi connectivity index (χ4n) is 1.92. The summed E-state index contributed by atoms with van der Waals surface area (Å²) in [6.07, 6.45) is 4.89. The zero-order valence-corrected chi connectivity index (χ0v) is 9.10. The Balaban J connectivity index is 1.92. The average molecular weight is 226 g/mol. The number of benzene rings is 1. The first kappa shape index (κ1) is 11.2. The highest BCUT2D eigenvalue weighted by atomic mass is 19.1. The van der Waals surface area contributed by atoms with Crippen molar-refractivity contribution in [2.45, 2.75) is 25.7 Å². The van der Waals surface area contributed by atoms with Crippen LogP contribution in [0.25, 0.3) is 0 Å². The minimum Gasteiger partial charge on any atom is -0.395 e. The lowest BCUT2D eigenvalue weighted by Gasteiger charge is -2.25. The zero-order valence-electron chi connectivity index (χ0n) is 9.10. The van der Waals surface area contributed by atoms with E-state index in [-0.39, 0.29) is 5.69 Å². The van der Waals surface area contributed by atoms with E-state index in [4.69, 9.17) is 5.73 Å². The molecule has 2 rings (SSSR count). The zero-order chi connectivity index (χ0) is 11.5. The van der Waals surface area contributed by atoms with Gasteiger partial charge in [0.15, 0.2) is 5.82 Å². The van der Waals surface area contributed by atoms with Crippen molar-refractivity contribution in [3.63, 3.8) is 0 Å². The SMILES string of the molecule is Nc1c(F)cc(F)cc1NCCC1CCC1. The molecule has 88 valence electrons. The van der Waals surface area contributed by atoms with E-state index >= 15 is 0 Å². The van der Waals surface area contributed by atoms with Gasteiger partial charge in [0.1, 0.15) is 5.82 Å². The summed E-state index contributed by atoms with van der Waals surface area (Å²) >= 11 is 0. The van der Waals surface area contributed by atoms with Gasteiger partial charge in [-0.3, -0.25) is 0 Å². The molecule has 0 saturated heterocycles. The standard InChI is InChI=1S/C12H16F2N2/c13-9-6-10(14)12(15)11(7-9)16-5-4-8-2-1-3-8/h6-8,16H,1-5,15H2. The molecule has 16 heavy (non-hydrogen) atoms. The summed E-state index contributed by atoms with van der Waals surface area (Å²) in [5, 5.41) is 2.99. The van der Waals surface area contributed by atoms with Gasteiger partial charge >= 0.3 is 0 Å². The van der Waals surface area contributed by atoms with Crippen LogP contribution in [0.5, 0.6) is 0 Å². The molecule has 3 N–H and O–H groups in total. The molecule has 0 radical (unpaired) electrons. The lowest BCUT2D eigenvalue weighted by atomic mass is 9.83. The van der Waals surface area contributed by atoms with Crippen LogP contribution in [-0.2, 0) is 0 Å². The van der Waals surface area contributed by atoms with Crippen LogP contribution in [-0.4, -0.2) is 6.54 Å². The molecule has 0 heterocycles. The van der Waals surface area contributed by atoms with Gasteiger partial charge in [-0.25, -0.2) is 8.78 Å². The van der Waals surface area contributed by atoms with E-state index in [1.165, 1.54) is 25.3 Å². The molecule has 1 aromatic carbocycles. The molecule has 1 aromatic rings. The van der Waals surface area contributed by atoms with Crippen molar-refractivity contribution >= 4 is 11.4 Å². The number of nitrogens with one attached hydrogen (secondary N) is 1. The summed E-state index contributed by atoms with van der Waals surface area (Å²) in [5.74, 6) is -0.531. The predicted octanol–water partition coefficient (Wildman–Crippen LogP) is 3.15. The largest absolute Gasteiger partial charge is 0.395 e. The number of rotatable bonds is 4. The summed E-state index contributed by atoms with van der Waals surface area (Å²) < 4.78 is 26.0. The van der Waals surface area contributed by atoms with Crippen LogP contribution in [0, 0.1) is 17.6 Å². The number of hydrogen-bond acceptors (Lipinski definition) is 2. The minimum atomic E-state index is -0.703. The van der Waals surface area contributed by atoms with Crippen molar-refractivity contribution in [3.8, 4) is 0 Å². The van der Waals surface area contributed by atoms with Crippen LogP contribution in [0.4, 0.5) is 20.2 Å². The molecule has 0 aromatic heterocycles. The second kappa shape index (κ2) is 4.68. The topological polar surface area (TPSA) is 38.0 Å². The normalized spacial score (nSPS) is 15.9. The highest BCUT2D eigenvalue weighted by molar-refractivity contribution is 5.66. The molecule has 0 spiro atoms. The molecule has 0 aliphatic heterocycles. The Morgan fingerprint density at radius 2 is 2.06 bits per heavy atom. The Morgan fingerprint density at radius 3 is 2.69 bits per heavy atom. The first-order valence-corrected chi connectivity index (χ1v) is 5.65. The van der Waals surface area contributed by atoms with Crippen LogP contribution >= 0.6 is 0 Å². The molecule has 1 saturated carbocycles. The van der Waals surface area contributed by atoms with E-state index in [9.17, 15) is 8.78 Å². The second-order valence-electron chi connectivity index (χ2n) is 4.36. The van der Waals surface area contributed by atoms with E-state index in [0.717, 1.165) is 24.9 Å². The lowest BCUT2D eigenvalue weighted by Crippen LogP contribution is -2.16. The Kier molecular flexibility index (Phi) is 3.27. The van der Waals surface area contributed by atoms with Gasteiger partial charge in [0.05, 0.1) is 11.4 Å². The smallest absolute Gasteiger partial charge is 0.151 e. The highest BCUT2D eigenvalue weighted by Crippen LogP contribution is 2.30. The molecule has 1 aliphatic rings. The number of anilines is 2. The molecule has 0 unspecified atom stereocenters. The van der Waals surface area contributed by atoms with Crippen molar-refractivity contribution < 1.29 is 8.78 Å². The molecule has 1 fully saturated rings. The molecular formula is C12H16F2N2. The van der Waals surface area contributed by atoms with E-state index < -0.39 is 11.6 Å². The molecule has 2 nitrogen and oxygen atoms in total. The molecule has 0 amide bonds. The first-order valence-electron chi connectivity index (χ1n) is 5.65. The average Bonchev–Trinajstić information content (AvgIpc) is 2.16. The van der Waals surface area contributed by atoms with Crippen LogP contribution in [0.1, 0.15) is 25.7 Å². The monoisotopic (exact) mass is 226 g/mol. The van der Waals surface area contributed by atoms with Crippen molar-refractivity contribution in [3.05, 3.63) is 23.8 Å². The predicted molar refractivity (Wildman–Crippen MR) is 61.2 cm³/mol. The summed E-state index contributed by atoms with van der Waals surface area (Å²) in [6, 6.07) is 2.03. The van der Waals surface area contributed by atoms with Crippen molar-refractivity contribution in [1.82, 2.24) is 0 Å². The van der Waals surface area contributed by atoms with Gasteiger partial charge in [-0.1, -0.05) is 19.3 Å². The molecular weight excluding hydrogens is 210 g/mol. The second-order valence-corrected chi connectivity index (χ2v) is 4.36. The number of hydrogen-bond donors (Lipinski definition) is 2. The lowest BCUT2D eigenvalue weighted by molar-refractivity contribution is 0.303. The van der Waals surface area contributed by atoms with E-state index in [2.05, 4.69) is 5.32 Å². The van der Waals surface area contributed by atoms with Gasteiger partial charge in [-0.2, -0.15) is 0 Å². The highest BCUT2D eigenvalue weighted by Gasteiger charge is 2.16. The van der Waals surface area contributed by atoms with Gasteiger partial charge in [-0.05, 0) is 18.4 Å². The van der Waals surface area contributed by atoms with E-state index in [0.29, 0.717) is 5.69 Å².